The van der Waals surface area contributed by atoms with Gasteiger partial charge in [-0.2, -0.15) is 4.99 Å². The van der Waals surface area contributed by atoms with Crippen molar-refractivity contribution in [2.24, 2.45) is 9.98 Å². The lowest BCUT2D eigenvalue weighted by Gasteiger charge is -2.29. The second-order valence-electron chi connectivity index (χ2n) is 8.90. The number of rotatable bonds is 5. The first-order chi connectivity index (χ1) is 16.0. The minimum atomic E-state index is -0.0160. The number of guanidine groups is 1. The minimum absolute atomic E-state index is 0.0160. The number of aryl methyl sites for hydroxylation is 1. The summed E-state index contributed by atoms with van der Waals surface area (Å²) in [5.41, 5.74) is 2.71. The lowest BCUT2D eigenvalue weighted by molar-refractivity contribution is 0.0815. The molecule has 2 aromatic heterocycles. The van der Waals surface area contributed by atoms with Crippen molar-refractivity contribution in [1.82, 2.24) is 19.8 Å². The summed E-state index contributed by atoms with van der Waals surface area (Å²) < 4.78 is 2.10. The van der Waals surface area contributed by atoms with Gasteiger partial charge in [0.05, 0.1) is 11.9 Å². The predicted molar refractivity (Wildman–Crippen MR) is 134 cm³/mol. The number of hydrogen-bond acceptors (Lipinski definition) is 5. The highest BCUT2D eigenvalue weighted by molar-refractivity contribution is 5.98. The van der Waals surface area contributed by atoms with E-state index < -0.39 is 0 Å². The van der Waals surface area contributed by atoms with Crippen LogP contribution in [-0.2, 0) is 0 Å². The molecule has 2 N–H and O–H groups in total. The van der Waals surface area contributed by atoms with Gasteiger partial charge in [-0.1, -0.05) is 12.8 Å². The van der Waals surface area contributed by atoms with Crippen LogP contribution in [0.4, 0.5) is 17.3 Å². The predicted octanol–water partition coefficient (Wildman–Crippen LogP) is 3.22. The Morgan fingerprint density at radius 3 is 2.58 bits per heavy atom. The van der Waals surface area contributed by atoms with Crippen LogP contribution in [0.3, 0.4) is 0 Å². The molecular weight excluding hydrogens is 416 g/mol. The topological polar surface area (TPSA) is 90.2 Å². The van der Waals surface area contributed by atoms with E-state index in [1.165, 1.54) is 0 Å². The first kappa shape index (κ1) is 23.0. The van der Waals surface area contributed by atoms with Gasteiger partial charge in [0.25, 0.3) is 5.91 Å². The summed E-state index contributed by atoms with van der Waals surface area (Å²) in [5, 5.41) is 6.55. The Balaban J connectivity index is 1.61. The lowest BCUT2D eigenvalue weighted by Crippen LogP contribution is -2.43. The maximum absolute atomic E-state index is 12.9. The third kappa shape index (κ3) is 5.08. The molecule has 0 unspecified atom stereocenters. The van der Waals surface area contributed by atoms with Crippen LogP contribution in [0.2, 0.25) is 0 Å². The highest BCUT2D eigenvalue weighted by Crippen LogP contribution is 2.37. The molecule has 3 heterocycles. The number of amides is 1. The minimum Gasteiger partial charge on any atom is -0.368 e. The molecule has 33 heavy (non-hydrogen) atoms. The van der Waals surface area contributed by atoms with Gasteiger partial charge >= 0.3 is 0 Å². The summed E-state index contributed by atoms with van der Waals surface area (Å²) in [5.74, 6) is 1.75. The van der Waals surface area contributed by atoms with Crippen LogP contribution in [0.15, 0.2) is 34.4 Å². The number of hydrogen-bond donors (Lipinski definition) is 2. The van der Waals surface area contributed by atoms with Crippen LogP contribution in [-0.4, -0.2) is 73.3 Å². The zero-order chi connectivity index (χ0) is 23.4. The molecule has 9 heteroatoms. The fourth-order valence-electron chi connectivity index (χ4n) is 4.60. The first-order valence-corrected chi connectivity index (χ1v) is 11.7. The molecule has 2 fully saturated rings. The van der Waals surface area contributed by atoms with Gasteiger partial charge in [0.15, 0.2) is 0 Å². The molecule has 1 aliphatic carbocycles. The number of carbonyl (C=O) groups is 1. The van der Waals surface area contributed by atoms with Crippen LogP contribution in [0.5, 0.6) is 0 Å². The Labute approximate surface area is 195 Å². The van der Waals surface area contributed by atoms with E-state index >= 15 is 0 Å². The Bertz CT molecular complexity index is 1010. The number of pyridine rings is 1. The van der Waals surface area contributed by atoms with Crippen molar-refractivity contribution in [2.75, 3.05) is 50.5 Å². The zero-order valence-corrected chi connectivity index (χ0v) is 19.8. The molecule has 2 aromatic rings. The van der Waals surface area contributed by atoms with Crippen molar-refractivity contribution in [3.05, 3.63) is 35.7 Å². The molecular formula is C24H34N8O. The van der Waals surface area contributed by atoms with E-state index in [0.717, 1.165) is 68.9 Å². The summed E-state index contributed by atoms with van der Waals surface area (Å²) in [4.78, 5) is 30.3. The number of nitrogens with one attached hydrogen (secondary N) is 2. The largest absolute Gasteiger partial charge is 0.368 e. The SMILES string of the molecule is C=NC(=Nc1c(C)cc(C(=O)N(C)C)n1C1CCCC1)Nc1ccc(N2CCNCC2)cn1. The molecule has 4 rings (SSSR count). The van der Waals surface area contributed by atoms with Gasteiger partial charge in [-0.3, -0.25) is 4.79 Å². The quantitative estimate of drug-likeness (QED) is 0.539. The van der Waals surface area contributed by atoms with Crippen molar-refractivity contribution >= 4 is 35.9 Å². The van der Waals surface area contributed by atoms with E-state index in [0.29, 0.717) is 17.5 Å². The van der Waals surface area contributed by atoms with Crippen LogP contribution in [0.1, 0.15) is 47.8 Å². The fraction of sp³-hybridized carbons (Fsp3) is 0.500. The Morgan fingerprint density at radius 2 is 1.97 bits per heavy atom. The Morgan fingerprint density at radius 1 is 1.24 bits per heavy atom. The van der Waals surface area contributed by atoms with E-state index in [4.69, 9.17) is 4.99 Å². The van der Waals surface area contributed by atoms with Gasteiger partial charge in [0, 0.05) is 46.3 Å². The molecule has 9 nitrogen and oxygen atoms in total. The van der Waals surface area contributed by atoms with Crippen molar-refractivity contribution < 1.29 is 4.79 Å². The molecule has 0 aromatic carbocycles. The molecule has 0 atom stereocenters. The highest BCUT2D eigenvalue weighted by Gasteiger charge is 2.27. The molecule has 1 amide bonds. The van der Waals surface area contributed by atoms with Crippen molar-refractivity contribution in [3.8, 4) is 0 Å². The third-order valence-corrected chi connectivity index (χ3v) is 6.34. The number of piperazine rings is 1. The van der Waals surface area contributed by atoms with Crippen LogP contribution in [0.25, 0.3) is 0 Å². The number of nitrogens with zero attached hydrogens (tertiary/aromatic N) is 6. The maximum atomic E-state index is 12.9. The summed E-state index contributed by atoms with van der Waals surface area (Å²) in [6.07, 6.45) is 6.28. The Kier molecular flexibility index (Phi) is 7.08. The van der Waals surface area contributed by atoms with E-state index in [2.05, 4.69) is 42.9 Å². The van der Waals surface area contributed by atoms with E-state index in [-0.39, 0.29) is 11.9 Å². The van der Waals surface area contributed by atoms with Gasteiger partial charge in [0.1, 0.15) is 17.3 Å². The molecule has 0 radical (unpaired) electrons. The van der Waals surface area contributed by atoms with Crippen molar-refractivity contribution in [1.29, 1.82) is 0 Å². The summed E-state index contributed by atoms with van der Waals surface area (Å²) >= 11 is 0. The molecule has 2 aliphatic rings. The average Bonchev–Trinajstić information content (AvgIpc) is 3.47. The van der Waals surface area contributed by atoms with Crippen molar-refractivity contribution in [3.63, 3.8) is 0 Å². The standard InChI is InChI=1S/C24H34N8O/c1-17-15-20(23(33)30(3)4)32(18-7-5-6-8-18)22(17)29-24(25-2)28-21-10-9-19(16-27-21)31-13-11-26-12-14-31/h9-10,15-16,18,26H,2,5-8,11-14H2,1,3-4H3,(H,27,28,29). The summed E-state index contributed by atoms with van der Waals surface area (Å²) in [6, 6.07) is 6.18. The second-order valence-corrected chi connectivity index (χ2v) is 8.90. The number of aromatic nitrogens is 2. The maximum Gasteiger partial charge on any atom is 0.270 e. The second kappa shape index (κ2) is 10.2. The van der Waals surface area contributed by atoms with E-state index in [9.17, 15) is 4.79 Å². The van der Waals surface area contributed by atoms with Gasteiger partial charge in [-0.25, -0.2) is 9.98 Å². The normalized spacial score (nSPS) is 17.3. The average molecular weight is 451 g/mol. The first-order valence-electron chi connectivity index (χ1n) is 11.7. The number of carbonyl (C=O) groups excluding carboxylic acids is 1. The molecule has 0 bridgehead atoms. The van der Waals surface area contributed by atoms with Crippen LogP contribution >= 0.6 is 0 Å². The lowest BCUT2D eigenvalue weighted by atomic mass is 10.2. The monoisotopic (exact) mass is 450 g/mol. The summed E-state index contributed by atoms with van der Waals surface area (Å²) in [6.45, 7) is 9.59. The number of anilines is 2. The third-order valence-electron chi connectivity index (χ3n) is 6.34. The van der Waals surface area contributed by atoms with E-state index in [1.807, 2.05) is 25.3 Å². The molecule has 1 saturated heterocycles. The van der Waals surface area contributed by atoms with E-state index in [1.54, 1.807) is 19.0 Å². The fourth-order valence-corrected chi connectivity index (χ4v) is 4.60. The smallest absolute Gasteiger partial charge is 0.270 e. The van der Waals surface area contributed by atoms with Gasteiger partial charge in [-0.15, -0.1) is 0 Å². The zero-order valence-electron chi connectivity index (χ0n) is 19.8. The molecule has 1 saturated carbocycles. The molecule has 176 valence electrons. The van der Waals surface area contributed by atoms with Gasteiger partial charge in [-0.05, 0) is 50.2 Å². The van der Waals surface area contributed by atoms with Crippen LogP contribution in [0, 0.1) is 6.92 Å². The molecule has 1 aliphatic heterocycles. The molecule has 0 spiro atoms. The van der Waals surface area contributed by atoms with Gasteiger partial charge in [0.2, 0.25) is 5.96 Å². The highest BCUT2D eigenvalue weighted by atomic mass is 16.2. The number of aliphatic imine (C=N–C) groups is 2. The summed E-state index contributed by atoms with van der Waals surface area (Å²) in [7, 11) is 3.56. The van der Waals surface area contributed by atoms with Crippen LogP contribution < -0.4 is 15.5 Å². The Hall–Kier alpha value is -3.20. The van der Waals surface area contributed by atoms with Crippen molar-refractivity contribution in [2.45, 2.75) is 38.6 Å². The van der Waals surface area contributed by atoms with Gasteiger partial charge < -0.3 is 25.0 Å².